The Morgan fingerprint density at radius 3 is 2.17 bits per heavy atom. The van der Waals surface area contributed by atoms with E-state index in [-0.39, 0.29) is 0 Å². The monoisotopic (exact) mass is 340 g/mol. The van der Waals surface area contributed by atoms with Crippen LogP contribution in [0.1, 0.15) is 6.92 Å². The van der Waals surface area contributed by atoms with E-state index in [2.05, 4.69) is 0 Å². The third-order valence-electron chi connectivity index (χ3n) is 4.13. The highest BCUT2D eigenvalue weighted by Crippen LogP contribution is 2.30. The Morgan fingerprint density at radius 1 is 0.957 bits per heavy atom. The largest absolute Gasteiger partial charge is 0.394 e. The Hall–Kier alpha value is -0.400. The quantitative estimate of drug-likeness (QED) is 0.294. The van der Waals surface area contributed by atoms with Crippen molar-refractivity contribution in [2.45, 2.75) is 68.3 Å². The van der Waals surface area contributed by atoms with Crippen LogP contribution in [0, 0.1) is 0 Å². The fourth-order valence-electron chi connectivity index (χ4n) is 2.70. The number of methoxy groups -OCH3 is 1. The van der Waals surface area contributed by atoms with Gasteiger partial charge in [-0.05, 0) is 6.92 Å². The highest BCUT2D eigenvalue weighted by Gasteiger charge is 2.51. The summed E-state index contributed by atoms with van der Waals surface area (Å²) in [4.78, 5) is 0. The number of hydrogen-bond donors (Lipinski definition) is 6. The Morgan fingerprint density at radius 2 is 1.61 bits per heavy atom. The second-order valence-electron chi connectivity index (χ2n) is 5.73. The molecule has 2 heterocycles. The van der Waals surface area contributed by atoms with Gasteiger partial charge in [0.25, 0.3) is 0 Å². The number of ether oxygens (including phenoxy) is 4. The van der Waals surface area contributed by atoms with Crippen LogP contribution in [0.5, 0.6) is 0 Å². The van der Waals surface area contributed by atoms with Crippen LogP contribution in [-0.2, 0) is 18.9 Å². The molecule has 0 aromatic carbocycles. The van der Waals surface area contributed by atoms with E-state index in [4.69, 9.17) is 24.1 Å². The van der Waals surface area contributed by atoms with Crippen LogP contribution < -0.4 is 0 Å². The fraction of sp³-hybridized carbons (Fsp3) is 1.00. The van der Waals surface area contributed by atoms with Crippen LogP contribution in [0.25, 0.3) is 0 Å². The zero-order chi connectivity index (χ0) is 17.3. The summed E-state index contributed by atoms with van der Waals surface area (Å²) in [6.45, 7) is 0.877. The van der Waals surface area contributed by atoms with Crippen molar-refractivity contribution >= 4 is 0 Å². The molecule has 10 heteroatoms. The second-order valence-corrected chi connectivity index (χ2v) is 5.73. The highest BCUT2D eigenvalue weighted by molar-refractivity contribution is 4.93. The number of aliphatic hydroxyl groups excluding tert-OH is 6. The molecular weight excluding hydrogens is 316 g/mol. The van der Waals surface area contributed by atoms with Crippen LogP contribution in [0.3, 0.4) is 0 Å². The van der Waals surface area contributed by atoms with Crippen LogP contribution in [0.15, 0.2) is 0 Å². The summed E-state index contributed by atoms with van der Waals surface area (Å²) in [5, 5.41) is 58.2. The van der Waals surface area contributed by atoms with E-state index < -0.39 is 68.0 Å². The predicted molar refractivity (Wildman–Crippen MR) is 72.0 cm³/mol. The van der Waals surface area contributed by atoms with Gasteiger partial charge in [-0.1, -0.05) is 0 Å². The van der Waals surface area contributed by atoms with Crippen LogP contribution in [0.2, 0.25) is 0 Å². The second kappa shape index (κ2) is 7.66. The van der Waals surface area contributed by atoms with Crippen molar-refractivity contribution in [3.05, 3.63) is 0 Å². The third kappa shape index (κ3) is 3.66. The standard InChI is InChI=1S/C13H24O10/c1-4-6(16)7(17)11(13(20-2)21-4)23-12-9(19)8(18)10(22-12)5(15)3-14/h4-19H,3H2,1-2H3/t4-,5+,6-,7+,8+,9+,10-,11+,12+,13+/m0/s1. The first-order valence-electron chi connectivity index (χ1n) is 7.32. The molecule has 6 N–H and O–H groups in total. The van der Waals surface area contributed by atoms with Gasteiger partial charge in [0.1, 0.15) is 42.7 Å². The summed E-state index contributed by atoms with van der Waals surface area (Å²) in [6, 6.07) is 0. The molecule has 10 nitrogen and oxygen atoms in total. The zero-order valence-corrected chi connectivity index (χ0v) is 12.8. The minimum atomic E-state index is -1.53. The Labute approximate surface area is 132 Å². The van der Waals surface area contributed by atoms with Gasteiger partial charge in [0.15, 0.2) is 12.6 Å². The van der Waals surface area contributed by atoms with Gasteiger partial charge in [-0.15, -0.1) is 0 Å². The van der Waals surface area contributed by atoms with Crippen molar-refractivity contribution in [3.63, 3.8) is 0 Å². The predicted octanol–water partition coefficient (Wildman–Crippen LogP) is -3.72. The summed E-state index contributed by atoms with van der Waals surface area (Å²) >= 11 is 0. The van der Waals surface area contributed by atoms with Crippen LogP contribution >= 0.6 is 0 Å². The minimum absolute atomic E-state index is 0.673. The molecule has 0 unspecified atom stereocenters. The topological polar surface area (TPSA) is 158 Å². The van der Waals surface area contributed by atoms with E-state index in [9.17, 15) is 25.5 Å². The SMILES string of the molecule is CO[C@@H]1O[C@@H](C)[C@H](O)[C@@H](O)[C@H]1O[C@H]1O[C@@H]([C@H](O)CO)[C@H](O)[C@H]1O. The van der Waals surface area contributed by atoms with E-state index in [0.29, 0.717) is 0 Å². The maximum Gasteiger partial charge on any atom is 0.187 e. The summed E-state index contributed by atoms with van der Waals surface area (Å²) in [5.41, 5.74) is 0. The summed E-state index contributed by atoms with van der Waals surface area (Å²) in [7, 11) is 1.32. The van der Waals surface area contributed by atoms with Crippen molar-refractivity contribution in [2.75, 3.05) is 13.7 Å². The maximum absolute atomic E-state index is 10.1. The molecule has 2 aliphatic rings. The van der Waals surface area contributed by atoms with E-state index in [1.165, 1.54) is 7.11 Å². The normalized spacial score (nSPS) is 49.3. The lowest BCUT2D eigenvalue weighted by Gasteiger charge is -2.41. The molecule has 2 fully saturated rings. The minimum Gasteiger partial charge on any atom is -0.394 e. The average molecular weight is 340 g/mol. The lowest BCUT2D eigenvalue weighted by Crippen LogP contribution is -2.59. The molecule has 0 amide bonds. The van der Waals surface area contributed by atoms with Crippen LogP contribution in [-0.4, -0.2) is 106 Å². The van der Waals surface area contributed by atoms with E-state index in [1.54, 1.807) is 6.92 Å². The number of aliphatic hydroxyl groups is 6. The first-order valence-corrected chi connectivity index (χ1v) is 7.32. The molecule has 0 saturated carbocycles. The molecular formula is C13H24O10. The van der Waals surface area contributed by atoms with Gasteiger partial charge in [0, 0.05) is 7.11 Å². The highest BCUT2D eigenvalue weighted by atomic mass is 16.8. The van der Waals surface area contributed by atoms with E-state index in [1.807, 2.05) is 0 Å². The lowest BCUT2D eigenvalue weighted by molar-refractivity contribution is -0.328. The van der Waals surface area contributed by atoms with Gasteiger partial charge in [-0.25, -0.2) is 0 Å². The molecule has 23 heavy (non-hydrogen) atoms. The Balaban J connectivity index is 2.07. The summed E-state index contributed by atoms with van der Waals surface area (Å²) in [6.07, 6.45) is -12.6. The van der Waals surface area contributed by atoms with Gasteiger partial charge in [0.2, 0.25) is 0 Å². The van der Waals surface area contributed by atoms with Gasteiger partial charge in [-0.3, -0.25) is 0 Å². The Bertz CT molecular complexity index is 380. The zero-order valence-electron chi connectivity index (χ0n) is 12.8. The van der Waals surface area contributed by atoms with Crippen molar-refractivity contribution in [3.8, 4) is 0 Å². The van der Waals surface area contributed by atoms with Gasteiger partial charge < -0.3 is 49.6 Å². The summed E-state index contributed by atoms with van der Waals surface area (Å²) < 4.78 is 21.0. The van der Waals surface area contributed by atoms with E-state index in [0.717, 1.165) is 0 Å². The molecule has 0 spiro atoms. The van der Waals surface area contributed by atoms with Gasteiger partial charge in [-0.2, -0.15) is 0 Å². The first-order chi connectivity index (χ1) is 10.8. The first kappa shape index (κ1) is 18.9. The Kier molecular flexibility index (Phi) is 6.30. The molecule has 136 valence electrons. The van der Waals surface area contributed by atoms with Crippen molar-refractivity contribution < 1.29 is 49.6 Å². The van der Waals surface area contributed by atoms with Crippen molar-refractivity contribution in [1.82, 2.24) is 0 Å². The average Bonchev–Trinajstić information content (AvgIpc) is 2.82. The van der Waals surface area contributed by atoms with Crippen molar-refractivity contribution in [1.29, 1.82) is 0 Å². The van der Waals surface area contributed by atoms with Crippen LogP contribution in [0.4, 0.5) is 0 Å². The third-order valence-corrected chi connectivity index (χ3v) is 4.13. The molecule has 0 radical (unpaired) electrons. The van der Waals surface area contributed by atoms with Gasteiger partial charge >= 0.3 is 0 Å². The fourth-order valence-corrected chi connectivity index (χ4v) is 2.70. The number of hydrogen-bond acceptors (Lipinski definition) is 10. The maximum atomic E-state index is 10.1. The lowest BCUT2D eigenvalue weighted by atomic mass is 9.99. The molecule has 2 aliphatic heterocycles. The molecule has 0 bridgehead atoms. The smallest absolute Gasteiger partial charge is 0.187 e. The summed E-state index contributed by atoms with van der Waals surface area (Å²) in [5.74, 6) is 0. The van der Waals surface area contributed by atoms with Crippen molar-refractivity contribution in [2.24, 2.45) is 0 Å². The molecule has 2 saturated heterocycles. The molecule has 0 aromatic rings. The molecule has 0 aromatic heterocycles. The van der Waals surface area contributed by atoms with Gasteiger partial charge in [0.05, 0.1) is 12.7 Å². The molecule has 2 rings (SSSR count). The molecule has 0 aliphatic carbocycles. The van der Waals surface area contributed by atoms with E-state index >= 15 is 0 Å². The molecule has 10 atom stereocenters. The number of rotatable bonds is 5.